The lowest BCUT2D eigenvalue weighted by atomic mass is 10.1. The van der Waals surface area contributed by atoms with E-state index < -0.39 is 0 Å². The Bertz CT molecular complexity index is 180. The van der Waals surface area contributed by atoms with Crippen LogP contribution in [0.5, 0.6) is 0 Å². The Labute approximate surface area is 71.5 Å². The van der Waals surface area contributed by atoms with Gasteiger partial charge in [0, 0.05) is 13.5 Å². The summed E-state index contributed by atoms with van der Waals surface area (Å²) >= 11 is 0. The van der Waals surface area contributed by atoms with E-state index in [0.717, 1.165) is 0 Å². The molecule has 0 N–H and O–H groups in total. The second-order valence-corrected chi connectivity index (χ2v) is 2.91. The van der Waals surface area contributed by atoms with Gasteiger partial charge in [-0.3, -0.25) is 9.59 Å². The van der Waals surface area contributed by atoms with Crippen LogP contribution in [0.1, 0.15) is 13.8 Å². The number of hydrogen-bond donors (Lipinski definition) is 0. The summed E-state index contributed by atoms with van der Waals surface area (Å²) in [4.78, 5) is 23.6. The van der Waals surface area contributed by atoms with E-state index in [1.54, 1.807) is 4.90 Å². The van der Waals surface area contributed by atoms with E-state index in [4.69, 9.17) is 4.74 Å². The molecule has 0 aromatic rings. The molecule has 1 saturated heterocycles. The SMILES string of the molecule is CC(=O)C1COCCN1C(C)=O. The van der Waals surface area contributed by atoms with Crippen LogP contribution < -0.4 is 0 Å². The van der Waals surface area contributed by atoms with Crippen LogP contribution in [0.2, 0.25) is 0 Å². The van der Waals surface area contributed by atoms with Crippen molar-refractivity contribution >= 4 is 11.7 Å². The molecule has 1 aliphatic heterocycles. The van der Waals surface area contributed by atoms with Crippen LogP contribution in [-0.4, -0.2) is 42.4 Å². The molecule has 1 rings (SSSR count). The zero-order valence-corrected chi connectivity index (χ0v) is 7.37. The highest BCUT2D eigenvalue weighted by Gasteiger charge is 2.28. The van der Waals surface area contributed by atoms with Crippen molar-refractivity contribution in [2.45, 2.75) is 19.9 Å². The van der Waals surface area contributed by atoms with E-state index in [1.807, 2.05) is 0 Å². The molecule has 12 heavy (non-hydrogen) atoms. The second kappa shape index (κ2) is 3.67. The summed E-state index contributed by atoms with van der Waals surface area (Å²) in [6.07, 6.45) is 0. The lowest BCUT2D eigenvalue weighted by molar-refractivity contribution is -0.144. The number of carbonyl (C=O) groups excluding carboxylic acids is 2. The summed E-state index contributed by atoms with van der Waals surface area (Å²) in [5.74, 6) is -0.0663. The summed E-state index contributed by atoms with van der Waals surface area (Å²) in [6.45, 7) is 4.36. The Morgan fingerprint density at radius 1 is 1.42 bits per heavy atom. The Kier molecular flexibility index (Phi) is 2.81. The standard InChI is InChI=1S/C8H13NO3/c1-6(10)8-5-12-4-3-9(8)7(2)11/h8H,3-5H2,1-2H3. The second-order valence-electron chi connectivity index (χ2n) is 2.91. The van der Waals surface area contributed by atoms with E-state index in [-0.39, 0.29) is 17.7 Å². The Hall–Kier alpha value is -0.900. The third-order valence-corrected chi connectivity index (χ3v) is 2.00. The molecular weight excluding hydrogens is 158 g/mol. The van der Waals surface area contributed by atoms with Gasteiger partial charge >= 0.3 is 0 Å². The van der Waals surface area contributed by atoms with Gasteiger partial charge in [0.1, 0.15) is 6.04 Å². The van der Waals surface area contributed by atoms with Crippen molar-refractivity contribution < 1.29 is 14.3 Å². The van der Waals surface area contributed by atoms with Crippen molar-refractivity contribution in [3.63, 3.8) is 0 Å². The smallest absolute Gasteiger partial charge is 0.220 e. The third kappa shape index (κ3) is 1.82. The van der Waals surface area contributed by atoms with Gasteiger partial charge in [-0.15, -0.1) is 0 Å². The number of ether oxygens (including phenoxy) is 1. The first-order valence-electron chi connectivity index (χ1n) is 3.98. The lowest BCUT2D eigenvalue weighted by Gasteiger charge is -2.33. The van der Waals surface area contributed by atoms with Crippen LogP contribution in [0.15, 0.2) is 0 Å². The first-order valence-corrected chi connectivity index (χ1v) is 3.98. The topological polar surface area (TPSA) is 46.6 Å². The minimum absolute atomic E-state index is 0.00935. The number of rotatable bonds is 1. The number of ketones is 1. The highest BCUT2D eigenvalue weighted by molar-refractivity contribution is 5.87. The van der Waals surface area contributed by atoms with Crippen molar-refractivity contribution in [3.8, 4) is 0 Å². The Morgan fingerprint density at radius 2 is 2.08 bits per heavy atom. The molecular formula is C8H13NO3. The van der Waals surface area contributed by atoms with Crippen molar-refractivity contribution in [2.75, 3.05) is 19.8 Å². The molecule has 1 atom stereocenters. The molecule has 0 aromatic carbocycles. The highest BCUT2D eigenvalue weighted by Crippen LogP contribution is 2.07. The normalized spacial score (nSPS) is 23.8. The Balaban J connectivity index is 2.67. The maximum absolute atomic E-state index is 11.0. The minimum Gasteiger partial charge on any atom is -0.377 e. The Morgan fingerprint density at radius 3 is 2.50 bits per heavy atom. The van der Waals surface area contributed by atoms with Crippen LogP contribution in [0.4, 0.5) is 0 Å². The van der Waals surface area contributed by atoms with Crippen LogP contribution in [0.3, 0.4) is 0 Å². The van der Waals surface area contributed by atoms with Gasteiger partial charge in [0.05, 0.1) is 13.2 Å². The first kappa shape index (κ1) is 9.19. The van der Waals surface area contributed by atoms with Crippen molar-refractivity contribution in [1.29, 1.82) is 0 Å². The van der Waals surface area contributed by atoms with E-state index in [0.29, 0.717) is 19.8 Å². The average molecular weight is 171 g/mol. The predicted octanol–water partition coefficient (Wildman–Crippen LogP) is -0.177. The maximum atomic E-state index is 11.0. The minimum atomic E-state index is -0.365. The molecule has 4 nitrogen and oxygen atoms in total. The number of hydrogen-bond acceptors (Lipinski definition) is 3. The van der Waals surface area contributed by atoms with Gasteiger partial charge in [-0.25, -0.2) is 0 Å². The van der Waals surface area contributed by atoms with Gasteiger partial charge in [0.25, 0.3) is 0 Å². The van der Waals surface area contributed by atoms with Crippen LogP contribution in [0.25, 0.3) is 0 Å². The molecule has 1 heterocycles. The number of nitrogens with zero attached hydrogens (tertiary/aromatic N) is 1. The van der Waals surface area contributed by atoms with Gasteiger partial charge in [0.2, 0.25) is 5.91 Å². The van der Waals surface area contributed by atoms with E-state index in [2.05, 4.69) is 0 Å². The quantitative estimate of drug-likeness (QED) is 0.550. The number of Topliss-reactive ketones (excluding diaryl/α,β-unsaturated/α-hetero) is 1. The summed E-state index contributed by atoms with van der Waals surface area (Å²) in [5, 5.41) is 0. The summed E-state index contributed by atoms with van der Waals surface area (Å²) < 4.78 is 5.11. The van der Waals surface area contributed by atoms with Gasteiger partial charge in [-0.1, -0.05) is 0 Å². The fourth-order valence-electron chi connectivity index (χ4n) is 1.32. The lowest BCUT2D eigenvalue weighted by Crippen LogP contribution is -2.51. The number of amides is 1. The molecule has 0 aromatic heterocycles. The third-order valence-electron chi connectivity index (χ3n) is 2.00. The first-order chi connectivity index (χ1) is 5.63. The fraction of sp³-hybridized carbons (Fsp3) is 0.750. The predicted molar refractivity (Wildman–Crippen MR) is 42.7 cm³/mol. The molecule has 0 bridgehead atoms. The molecule has 0 saturated carbocycles. The number of carbonyl (C=O) groups is 2. The molecule has 1 aliphatic rings. The van der Waals surface area contributed by atoms with E-state index in [9.17, 15) is 9.59 Å². The zero-order valence-electron chi connectivity index (χ0n) is 7.37. The molecule has 1 unspecified atom stereocenters. The molecule has 4 heteroatoms. The molecule has 0 aliphatic carbocycles. The van der Waals surface area contributed by atoms with Gasteiger partial charge in [-0.2, -0.15) is 0 Å². The fourth-order valence-corrected chi connectivity index (χ4v) is 1.32. The van der Waals surface area contributed by atoms with Gasteiger partial charge in [-0.05, 0) is 6.92 Å². The van der Waals surface area contributed by atoms with E-state index >= 15 is 0 Å². The van der Waals surface area contributed by atoms with Gasteiger partial charge < -0.3 is 9.64 Å². The average Bonchev–Trinajstić information content (AvgIpc) is 2.04. The van der Waals surface area contributed by atoms with Crippen molar-refractivity contribution in [1.82, 2.24) is 4.90 Å². The van der Waals surface area contributed by atoms with Crippen LogP contribution in [0, 0.1) is 0 Å². The monoisotopic (exact) mass is 171 g/mol. The summed E-state index contributed by atoms with van der Waals surface area (Å²) in [7, 11) is 0. The highest BCUT2D eigenvalue weighted by atomic mass is 16.5. The maximum Gasteiger partial charge on any atom is 0.220 e. The van der Waals surface area contributed by atoms with E-state index in [1.165, 1.54) is 13.8 Å². The summed E-state index contributed by atoms with van der Waals surface area (Å²) in [5.41, 5.74) is 0. The zero-order chi connectivity index (χ0) is 9.14. The molecule has 0 radical (unpaired) electrons. The summed E-state index contributed by atoms with van der Waals surface area (Å²) in [6, 6.07) is -0.365. The molecule has 68 valence electrons. The largest absolute Gasteiger partial charge is 0.377 e. The van der Waals surface area contributed by atoms with Crippen molar-refractivity contribution in [2.24, 2.45) is 0 Å². The van der Waals surface area contributed by atoms with Gasteiger partial charge in [0.15, 0.2) is 5.78 Å². The molecule has 1 amide bonds. The molecule has 0 spiro atoms. The van der Waals surface area contributed by atoms with Crippen LogP contribution >= 0.6 is 0 Å². The van der Waals surface area contributed by atoms with Crippen LogP contribution in [-0.2, 0) is 14.3 Å². The number of morpholine rings is 1. The van der Waals surface area contributed by atoms with Crippen molar-refractivity contribution in [3.05, 3.63) is 0 Å². The molecule has 1 fully saturated rings.